The van der Waals surface area contributed by atoms with Crippen molar-refractivity contribution in [3.63, 3.8) is 0 Å². The zero-order valence-corrected chi connectivity index (χ0v) is 21.3. The van der Waals surface area contributed by atoms with Crippen LogP contribution in [0.3, 0.4) is 0 Å². The summed E-state index contributed by atoms with van der Waals surface area (Å²) < 4.78 is 10.7. The lowest BCUT2D eigenvalue weighted by atomic mass is 10.1. The highest BCUT2D eigenvalue weighted by Crippen LogP contribution is 2.29. The van der Waals surface area contributed by atoms with E-state index in [-0.39, 0.29) is 0 Å². The number of ether oxygens (including phenoxy) is 2. The highest BCUT2D eigenvalue weighted by molar-refractivity contribution is 8.13. The van der Waals surface area contributed by atoms with Gasteiger partial charge in [0.2, 0.25) is 0 Å². The minimum Gasteiger partial charge on any atom is -0.497 e. The molecule has 0 unspecified atom stereocenters. The van der Waals surface area contributed by atoms with Gasteiger partial charge in [0.05, 0.1) is 19.9 Å². The van der Waals surface area contributed by atoms with Crippen molar-refractivity contribution >= 4 is 22.6 Å². The highest BCUT2D eigenvalue weighted by atomic mass is 32.2. The Balaban J connectivity index is 2.00. The monoisotopic (exact) mass is 462 g/mol. The fourth-order valence-electron chi connectivity index (χ4n) is 3.86. The van der Waals surface area contributed by atoms with E-state index in [4.69, 9.17) is 14.5 Å². The number of nitrogens with zero attached hydrogens (tertiary/aromatic N) is 2. The summed E-state index contributed by atoms with van der Waals surface area (Å²) in [7, 11) is 3.39. The van der Waals surface area contributed by atoms with Gasteiger partial charge in [-0.25, -0.2) is 4.99 Å². The fraction of sp³-hybridized carbons (Fsp3) is 0.321. The van der Waals surface area contributed by atoms with E-state index >= 15 is 0 Å². The van der Waals surface area contributed by atoms with Crippen LogP contribution in [0.1, 0.15) is 34.7 Å². The molecule has 3 aromatic rings. The Morgan fingerprint density at radius 3 is 1.64 bits per heavy atom. The van der Waals surface area contributed by atoms with E-state index in [0.717, 1.165) is 41.2 Å². The molecule has 0 N–H and O–H groups in total. The minimum absolute atomic E-state index is 0.756. The van der Waals surface area contributed by atoms with Crippen LogP contribution in [0.15, 0.2) is 65.7 Å². The van der Waals surface area contributed by atoms with Crippen molar-refractivity contribution in [2.45, 2.75) is 40.8 Å². The average molecular weight is 463 g/mol. The van der Waals surface area contributed by atoms with Gasteiger partial charge in [0.15, 0.2) is 5.17 Å². The Morgan fingerprint density at radius 1 is 0.788 bits per heavy atom. The van der Waals surface area contributed by atoms with Crippen molar-refractivity contribution in [3.05, 3.63) is 88.5 Å². The van der Waals surface area contributed by atoms with Gasteiger partial charge in [-0.15, -0.1) is 0 Å². The topological polar surface area (TPSA) is 34.1 Å². The maximum absolute atomic E-state index is 5.34. The SMILES string of the molecule is CCSC(=Nc1c(C)cc(C)cc1C)N(Cc1ccc(OC)cc1)Cc1ccc(OC)cc1. The third-order valence-corrected chi connectivity index (χ3v) is 6.35. The first-order valence-corrected chi connectivity index (χ1v) is 12.2. The zero-order chi connectivity index (χ0) is 23.8. The molecule has 0 aromatic heterocycles. The molecule has 0 bridgehead atoms. The number of aliphatic imine (C=N–C) groups is 1. The summed E-state index contributed by atoms with van der Waals surface area (Å²) in [5, 5.41) is 1.03. The smallest absolute Gasteiger partial charge is 0.165 e. The lowest BCUT2D eigenvalue weighted by molar-refractivity contribution is 0.405. The third-order valence-electron chi connectivity index (χ3n) is 5.45. The second-order valence-electron chi connectivity index (χ2n) is 8.13. The van der Waals surface area contributed by atoms with Crippen LogP contribution in [-0.4, -0.2) is 30.0 Å². The molecule has 174 valence electrons. The summed E-state index contributed by atoms with van der Waals surface area (Å²) in [6, 6.07) is 20.9. The second-order valence-corrected chi connectivity index (χ2v) is 9.36. The van der Waals surface area contributed by atoms with Crippen LogP contribution in [0.25, 0.3) is 0 Å². The van der Waals surface area contributed by atoms with E-state index in [1.54, 1.807) is 26.0 Å². The number of rotatable bonds is 8. The lowest BCUT2D eigenvalue weighted by Gasteiger charge is -2.26. The molecule has 0 radical (unpaired) electrons. The summed E-state index contributed by atoms with van der Waals surface area (Å²) in [6.45, 7) is 10.1. The van der Waals surface area contributed by atoms with Crippen molar-refractivity contribution in [2.24, 2.45) is 4.99 Å². The Morgan fingerprint density at radius 2 is 1.24 bits per heavy atom. The number of thioether (sulfide) groups is 1. The molecule has 3 rings (SSSR count). The molecule has 0 amide bonds. The van der Waals surface area contributed by atoms with Crippen LogP contribution >= 0.6 is 11.8 Å². The summed E-state index contributed by atoms with van der Waals surface area (Å²) in [4.78, 5) is 7.56. The molecule has 0 spiro atoms. The van der Waals surface area contributed by atoms with E-state index in [0.29, 0.717) is 0 Å². The van der Waals surface area contributed by atoms with E-state index in [9.17, 15) is 0 Å². The molecule has 4 nitrogen and oxygen atoms in total. The predicted molar refractivity (Wildman–Crippen MR) is 141 cm³/mol. The van der Waals surface area contributed by atoms with E-state index in [2.05, 4.69) is 69.0 Å². The third kappa shape index (κ3) is 6.78. The molecule has 0 fully saturated rings. The molecule has 0 atom stereocenters. The number of benzene rings is 3. The van der Waals surface area contributed by atoms with Gasteiger partial charge in [0.25, 0.3) is 0 Å². The normalized spacial score (nSPS) is 11.4. The Kier molecular flexibility index (Phi) is 8.84. The zero-order valence-electron chi connectivity index (χ0n) is 20.5. The first kappa shape index (κ1) is 24.7. The molecular weight excluding hydrogens is 428 g/mol. The number of methoxy groups -OCH3 is 2. The van der Waals surface area contributed by atoms with Crippen molar-refractivity contribution in [3.8, 4) is 11.5 Å². The highest BCUT2D eigenvalue weighted by Gasteiger charge is 2.15. The summed E-state index contributed by atoms with van der Waals surface area (Å²) in [5.41, 5.74) is 7.16. The molecule has 0 aliphatic rings. The van der Waals surface area contributed by atoms with Crippen LogP contribution < -0.4 is 9.47 Å². The number of hydrogen-bond donors (Lipinski definition) is 0. The van der Waals surface area contributed by atoms with Gasteiger partial charge in [-0.2, -0.15) is 0 Å². The fourth-order valence-corrected chi connectivity index (χ4v) is 4.59. The molecule has 3 aromatic carbocycles. The largest absolute Gasteiger partial charge is 0.497 e. The number of aryl methyl sites for hydroxylation is 3. The van der Waals surface area contributed by atoms with Gasteiger partial charge < -0.3 is 14.4 Å². The van der Waals surface area contributed by atoms with Crippen LogP contribution in [0.4, 0.5) is 5.69 Å². The Bertz CT molecular complexity index is 1000. The molecule has 5 heteroatoms. The molecular formula is C28H34N2O2S. The van der Waals surface area contributed by atoms with Crippen molar-refractivity contribution < 1.29 is 9.47 Å². The van der Waals surface area contributed by atoms with E-state index < -0.39 is 0 Å². The van der Waals surface area contributed by atoms with Crippen molar-refractivity contribution in [1.82, 2.24) is 4.90 Å². The average Bonchev–Trinajstić information content (AvgIpc) is 2.81. The second kappa shape index (κ2) is 11.8. The van der Waals surface area contributed by atoms with E-state index in [1.807, 2.05) is 24.3 Å². The Hall–Kier alpha value is -2.92. The molecule has 0 saturated carbocycles. The molecule has 0 heterocycles. The first-order chi connectivity index (χ1) is 15.9. The van der Waals surface area contributed by atoms with Crippen LogP contribution in [0, 0.1) is 20.8 Å². The summed E-state index contributed by atoms with van der Waals surface area (Å²) in [6.07, 6.45) is 0. The van der Waals surface area contributed by atoms with Crippen molar-refractivity contribution in [2.75, 3.05) is 20.0 Å². The van der Waals surface area contributed by atoms with Crippen LogP contribution in [0.5, 0.6) is 11.5 Å². The molecule has 0 aliphatic heterocycles. The maximum Gasteiger partial charge on any atom is 0.165 e. The van der Waals surface area contributed by atoms with Crippen LogP contribution in [0.2, 0.25) is 0 Å². The summed E-state index contributed by atoms with van der Waals surface area (Å²) in [5.74, 6) is 2.68. The van der Waals surface area contributed by atoms with Gasteiger partial charge in [0, 0.05) is 13.1 Å². The quantitative estimate of drug-likeness (QED) is 0.265. The molecule has 0 aliphatic carbocycles. The minimum atomic E-state index is 0.756. The van der Waals surface area contributed by atoms with Gasteiger partial charge >= 0.3 is 0 Å². The van der Waals surface area contributed by atoms with Crippen molar-refractivity contribution in [1.29, 1.82) is 0 Å². The first-order valence-electron chi connectivity index (χ1n) is 11.2. The summed E-state index contributed by atoms with van der Waals surface area (Å²) >= 11 is 1.78. The number of hydrogen-bond acceptors (Lipinski definition) is 4. The van der Waals surface area contributed by atoms with Gasteiger partial charge in [-0.3, -0.25) is 0 Å². The molecule has 33 heavy (non-hydrogen) atoms. The van der Waals surface area contributed by atoms with E-state index in [1.165, 1.54) is 27.8 Å². The van der Waals surface area contributed by atoms with Gasteiger partial charge in [-0.1, -0.05) is 60.6 Å². The lowest BCUT2D eigenvalue weighted by Crippen LogP contribution is -2.28. The van der Waals surface area contributed by atoms with Gasteiger partial charge in [-0.05, 0) is 73.0 Å². The Labute approximate surface area is 202 Å². The standard InChI is InChI=1S/C28H34N2O2S/c1-7-33-28(29-27-21(3)16-20(2)17-22(27)4)30(18-23-8-12-25(31-5)13-9-23)19-24-10-14-26(32-6)15-11-24/h8-17H,7,18-19H2,1-6H3. The van der Waals surface area contributed by atoms with Gasteiger partial charge in [0.1, 0.15) is 11.5 Å². The maximum atomic E-state index is 5.34. The molecule has 0 saturated heterocycles. The van der Waals surface area contributed by atoms with Crippen LogP contribution in [-0.2, 0) is 13.1 Å². The number of amidine groups is 1. The predicted octanol–water partition coefficient (Wildman–Crippen LogP) is 7.07.